The smallest absolute Gasteiger partial charge is 0.244 e. The number of hydrogen-bond acceptors (Lipinski definition) is 3. The summed E-state index contributed by atoms with van der Waals surface area (Å²) in [6, 6.07) is 5.16. The summed E-state index contributed by atoms with van der Waals surface area (Å²) in [6.07, 6.45) is 0. The van der Waals surface area contributed by atoms with Crippen molar-refractivity contribution in [2.45, 2.75) is 38.5 Å². The highest BCUT2D eigenvalue weighted by Gasteiger charge is 2.29. The number of benzene rings is 1. The second kappa shape index (κ2) is 6.65. The number of nitrogens with two attached hydrogens (primary N) is 1. The summed E-state index contributed by atoms with van der Waals surface area (Å²) in [5, 5.41) is 0.247. The first-order chi connectivity index (χ1) is 9.51. The fourth-order valence-electron chi connectivity index (χ4n) is 2.00. The van der Waals surface area contributed by atoms with E-state index in [0.29, 0.717) is 13.1 Å². The second-order valence-corrected chi connectivity index (χ2v) is 8.89. The van der Waals surface area contributed by atoms with Gasteiger partial charge in [-0.25, -0.2) is 12.7 Å². The minimum atomic E-state index is -3.62. The molecule has 1 rings (SSSR count). The molecule has 0 unspecified atom stereocenters. The maximum atomic E-state index is 12.7. The fourth-order valence-corrected chi connectivity index (χ4v) is 3.86. The van der Waals surface area contributed by atoms with Crippen LogP contribution in [0, 0.1) is 5.41 Å². The van der Waals surface area contributed by atoms with E-state index >= 15 is 0 Å². The molecule has 0 saturated heterocycles. The van der Waals surface area contributed by atoms with Gasteiger partial charge in [-0.05, 0) is 35.6 Å². The molecule has 1 aromatic rings. The first-order valence-corrected chi connectivity index (χ1v) is 8.79. The van der Waals surface area contributed by atoms with Crippen molar-refractivity contribution >= 4 is 21.6 Å². The van der Waals surface area contributed by atoms with Crippen molar-refractivity contribution in [3.8, 4) is 0 Å². The molecule has 0 amide bonds. The Balaban J connectivity index is 3.21. The van der Waals surface area contributed by atoms with Crippen LogP contribution in [0.3, 0.4) is 0 Å². The number of nitrogens with zero attached hydrogens (tertiary/aromatic N) is 1. The molecular weight excluding hydrogens is 308 g/mol. The molecule has 0 aliphatic heterocycles. The maximum absolute atomic E-state index is 12.7. The molecule has 0 fully saturated rings. The van der Waals surface area contributed by atoms with E-state index in [1.165, 1.54) is 4.31 Å². The van der Waals surface area contributed by atoms with E-state index < -0.39 is 10.0 Å². The third-order valence-electron chi connectivity index (χ3n) is 3.51. The summed E-state index contributed by atoms with van der Waals surface area (Å²) in [5.41, 5.74) is 6.34. The Kier molecular flexibility index (Phi) is 5.83. The molecule has 4 nitrogen and oxygen atoms in total. The van der Waals surface area contributed by atoms with Gasteiger partial charge in [-0.15, -0.1) is 0 Å². The quantitative estimate of drug-likeness (QED) is 0.870. The van der Waals surface area contributed by atoms with Gasteiger partial charge in [0.1, 0.15) is 4.90 Å². The van der Waals surface area contributed by atoms with Gasteiger partial charge in [-0.2, -0.15) is 0 Å². The van der Waals surface area contributed by atoms with Crippen LogP contribution in [-0.2, 0) is 10.0 Å². The lowest BCUT2D eigenvalue weighted by Gasteiger charge is -2.28. The van der Waals surface area contributed by atoms with Crippen LogP contribution in [0.1, 0.15) is 39.2 Å². The van der Waals surface area contributed by atoms with Crippen molar-refractivity contribution in [2.24, 2.45) is 11.1 Å². The Bertz CT molecular complexity index is 598. The lowest BCUT2D eigenvalue weighted by atomic mass is 9.94. The Labute approximate surface area is 133 Å². The van der Waals surface area contributed by atoms with E-state index in [9.17, 15) is 8.42 Å². The monoisotopic (exact) mass is 332 g/mol. The molecule has 1 aromatic carbocycles. The number of rotatable bonds is 6. The lowest BCUT2D eigenvalue weighted by molar-refractivity contribution is 0.292. The molecule has 0 saturated carbocycles. The van der Waals surface area contributed by atoms with Crippen molar-refractivity contribution in [3.05, 3.63) is 28.8 Å². The largest absolute Gasteiger partial charge is 0.330 e. The molecule has 0 spiro atoms. The van der Waals surface area contributed by atoms with Crippen molar-refractivity contribution < 1.29 is 8.42 Å². The van der Waals surface area contributed by atoms with Crippen LogP contribution in [0.25, 0.3) is 0 Å². The van der Waals surface area contributed by atoms with Gasteiger partial charge >= 0.3 is 0 Å². The molecule has 0 heterocycles. The zero-order valence-corrected chi connectivity index (χ0v) is 14.9. The molecule has 21 heavy (non-hydrogen) atoms. The van der Waals surface area contributed by atoms with Crippen LogP contribution >= 0.6 is 11.6 Å². The molecule has 6 heteroatoms. The molecule has 0 aliphatic carbocycles. The molecule has 2 N–H and O–H groups in total. The minimum Gasteiger partial charge on any atom is -0.330 e. The zero-order chi connectivity index (χ0) is 16.4. The van der Waals surface area contributed by atoms with Gasteiger partial charge in [-0.1, -0.05) is 45.4 Å². The highest BCUT2D eigenvalue weighted by molar-refractivity contribution is 7.89. The van der Waals surface area contributed by atoms with Crippen LogP contribution < -0.4 is 5.73 Å². The predicted octanol–water partition coefficient (Wildman–Crippen LogP) is 3.07. The standard InChI is InChI=1S/C15H25ClN2O2S/c1-11(2)12-6-7-13(16)14(8-12)21(19,20)18(5)10-15(3,4)9-17/h6-8,11H,9-10,17H2,1-5H3. The van der Waals surface area contributed by atoms with Crippen LogP contribution in [0.5, 0.6) is 0 Å². The lowest BCUT2D eigenvalue weighted by Crippen LogP contribution is -2.39. The van der Waals surface area contributed by atoms with Gasteiger partial charge in [0, 0.05) is 13.6 Å². The van der Waals surface area contributed by atoms with Gasteiger partial charge in [-0.3, -0.25) is 0 Å². The Morgan fingerprint density at radius 2 is 1.90 bits per heavy atom. The van der Waals surface area contributed by atoms with E-state index in [-0.39, 0.29) is 21.3 Å². The summed E-state index contributed by atoms with van der Waals surface area (Å²) in [6.45, 7) is 8.65. The van der Waals surface area contributed by atoms with Crippen LogP contribution in [0.4, 0.5) is 0 Å². The molecule has 120 valence electrons. The van der Waals surface area contributed by atoms with Crippen LogP contribution in [0.2, 0.25) is 5.02 Å². The van der Waals surface area contributed by atoms with E-state index in [1.54, 1.807) is 19.2 Å². The summed E-state index contributed by atoms with van der Waals surface area (Å²) in [4.78, 5) is 0.158. The number of hydrogen-bond donors (Lipinski definition) is 1. The van der Waals surface area contributed by atoms with Crippen molar-refractivity contribution in [1.82, 2.24) is 4.31 Å². The third kappa shape index (κ3) is 4.42. The van der Waals surface area contributed by atoms with E-state index in [0.717, 1.165) is 5.56 Å². The summed E-state index contributed by atoms with van der Waals surface area (Å²) in [5.74, 6) is 0.238. The normalized spacial score (nSPS) is 13.2. The molecule has 0 aliphatic rings. The van der Waals surface area contributed by atoms with Gasteiger partial charge in [0.2, 0.25) is 10.0 Å². The van der Waals surface area contributed by atoms with Crippen molar-refractivity contribution in [2.75, 3.05) is 20.1 Å². The third-order valence-corrected chi connectivity index (χ3v) is 5.80. The highest BCUT2D eigenvalue weighted by Crippen LogP contribution is 2.29. The number of sulfonamides is 1. The highest BCUT2D eigenvalue weighted by atomic mass is 35.5. The fraction of sp³-hybridized carbons (Fsp3) is 0.600. The predicted molar refractivity (Wildman–Crippen MR) is 88.2 cm³/mol. The van der Waals surface area contributed by atoms with Gasteiger partial charge < -0.3 is 5.73 Å². The number of halogens is 1. The van der Waals surface area contributed by atoms with Gasteiger partial charge in [0.05, 0.1) is 5.02 Å². The van der Waals surface area contributed by atoms with Crippen LogP contribution in [0.15, 0.2) is 23.1 Å². The molecular formula is C15H25ClN2O2S. The van der Waals surface area contributed by atoms with E-state index in [2.05, 4.69) is 0 Å². The van der Waals surface area contributed by atoms with Gasteiger partial charge in [0.25, 0.3) is 0 Å². The second-order valence-electron chi connectivity index (χ2n) is 6.47. The van der Waals surface area contributed by atoms with Gasteiger partial charge in [0.15, 0.2) is 0 Å². The Morgan fingerprint density at radius 1 is 1.33 bits per heavy atom. The summed E-state index contributed by atoms with van der Waals surface area (Å²) < 4.78 is 26.8. The summed E-state index contributed by atoms with van der Waals surface area (Å²) in [7, 11) is -2.06. The Hall–Kier alpha value is -0.620. The van der Waals surface area contributed by atoms with E-state index in [4.69, 9.17) is 17.3 Å². The average Bonchev–Trinajstić information content (AvgIpc) is 2.38. The molecule has 0 atom stereocenters. The van der Waals surface area contributed by atoms with Crippen molar-refractivity contribution in [3.63, 3.8) is 0 Å². The van der Waals surface area contributed by atoms with Crippen LogP contribution in [-0.4, -0.2) is 32.9 Å². The summed E-state index contributed by atoms with van der Waals surface area (Å²) >= 11 is 6.10. The van der Waals surface area contributed by atoms with E-state index in [1.807, 2.05) is 33.8 Å². The molecule has 0 radical (unpaired) electrons. The van der Waals surface area contributed by atoms with Crippen molar-refractivity contribution in [1.29, 1.82) is 0 Å². The zero-order valence-electron chi connectivity index (χ0n) is 13.4. The first kappa shape index (κ1) is 18.4. The average molecular weight is 333 g/mol. The molecule has 0 bridgehead atoms. The first-order valence-electron chi connectivity index (χ1n) is 6.97. The SMILES string of the molecule is CC(C)c1ccc(Cl)c(S(=O)(=O)N(C)CC(C)(C)CN)c1. The molecule has 0 aromatic heterocycles. The maximum Gasteiger partial charge on any atom is 0.244 e. The Morgan fingerprint density at radius 3 is 2.38 bits per heavy atom. The topological polar surface area (TPSA) is 63.4 Å². The minimum absolute atomic E-state index is 0.158.